The van der Waals surface area contributed by atoms with E-state index in [9.17, 15) is 4.79 Å². The third kappa shape index (κ3) is 2.78. The summed E-state index contributed by atoms with van der Waals surface area (Å²) in [5, 5.41) is 6.36. The number of hydrogen-bond donors (Lipinski definition) is 2. The van der Waals surface area contributed by atoms with Crippen LogP contribution in [0.5, 0.6) is 0 Å². The Balaban J connectivity index is 2.29. The lowest BCUT2D eigenvalue weighted by atomic mass is 9.96. The van der Waals surface area contributed by atoms with Gasteiger partial charge in [0.2, 0.25) is 0 Å². The number of fused-ring (bicyclic) bond motifs is 1. The average Bonchev–Trinajstić information content (AvgIpc) is 2.26. The van der Waals surface area contributed by atoms with Crippen LogP contribution >= 0.6 is 0 Å². The molecule has 3 nitrogen and oxygen atoms in total. The van der Waals surface area contributed by atoms with Crippen molar-refractivity contribution in [3.63, 3.8) is 0 Å². The van der Waals surface area contributed by atoms with Crippen LogP contribution in [-0.2, 0) is 6.42 Å². The zero-order chi connectivity index (χ0) is 12.5. The van der Waals surface area contributed by atoms with E-state index in [2.05, 4.69) is 10.6 Å². The molecule has 1 aromatic rings. The van der Waals surface area contributed by atoms with Crippen molar-refractivity contribution in [2.75, 3.05) is 11.9 Å². The van der Waals surface area contributed by atoms with Crippen LogP contribution in [0.4, 0.5) is 5.69 Å². The fourth-order valence-electron chi connectivity index (χ4n) is 2.13. The molecule has 0 atom stereocenters. The third-order valence-corrected chi connectivity index (χ3v) is 2.83. The molecule has 1 amide bonds. The maximum atomic E-state index is 12.2. The molecule has 2 N–H and O–H groups in total. The lowest BCUT2D eigenvalue weighted by Gasteiger charge is -2.24. The van der Waals surface area contributed by atoms with E-state index >= 15 is 0 Å². The molecule has 3 heteroatoms. The Morgan fingerprint density at radius 3 is 2.82 bits per heavy atom. The summed E-state index contributed by atoms with van der Waals surface area (Å²) in [6.07, 6.45) is 2.07. The highest BCUT2D eigenvalue weighted by Gasteiger charge is 2.20. The van der Waals surface area contributed by atoms with Gasteiger partial charge in [-0.1, -0.05) is 6.07 Å². The molecule has 92 valence electrons. The van der Waals surface area contributed by atoms with Gasteiger partial charge in [-0.2, -0.15) is 0 Å². The van der Waals surface area contributed by atoms with E-state index in [1.54, 1.807) is 0 Å². The molecule has 1 aliphatic rings. The standard InChI is InChI=1S/C14H20N2O/c1-14(2,3)16-13(17)11-6-4-8-12-10(11)7-5-9-15-12/h4,6,8,15H,5,7,9H2,1-3H3,(H,16,17). The minimum atomic E-state index is -0.193. The fraction of sp³-hybridized carbons (Fsp3) is 0.500. The quantitative estimate of drug-likeness (QED) is 0.781. The van der Waals surface area contributed by atoms with Gasteiger partial charge in [-0.15, -0.1) is 0 Å². The molecule has 0 bridgehead atoms. The minimum Gasteiger partial charge on any atom is -0.385 e. The van der Waals surface area contributed by atoms with Crippen molar-refractivity contribution >= 4 is 11.6 Å². The van der Waals surface area contributed by atoms with E-state index < -0.39 is 0 Å². The van der Waals surface area contributed by atoms with Crippen LogP contribution in [0, 0.1) is 0 Å². The predicted molar refractivity (Wildman–Crippen MR) is 70.5 cm³/mol. The summed E-state index contributed by atoms with van der Waals surface area (Å²) in [5.41, 5.74) is 2.88. The van der Waals surface area contributed by atoms with Crippen LogP contribution in [0.25, 0.3) is 0 Å². The maximum Gasteiger partial charge on any atom is 0.252 e. The SMILES string of the molecule is CC(C)(C)NC(=O)c1cccc2c1CCCN2. The Hall–Kier alpha value is -1.51. The van der Waals surface area contributed by atoms with E-state index in [0.717, 1.165) is 36.2 Å². The van der Waals surface area contributed by atoms with Crippen molar-refractivity contribution in [3.05, 3.63) is 29.3 Å². The van der Waals surface area contributed by atoms with Gasteiger partial charge in [0.1, 0.15) is 0 Å². The van der Waals surface area contributed by atoms with E-state index in [1.807, 2.05) is 39.0 Å². The van der Waals surface area contributed by atoms with Crippen LogP contribution in [-0.4, -0.2) is 18.0 Å². The van der Waals surface area contributed by atoms with Gasteiger partial charge in [0.15, 0.2) is 0 Å². The highest BCUT2D eigenvalue weighted by Crippen LogP contribution is 2.25. The van der Waals surface area contributed by atoms with Crippen LogP contribution in [0.1, 0.15) is 43.1 Å². The number of carbonyl (C=O) groups is 1. The molecule has 2 rings (SSSR count). The number of carbonyl (C=O) groups excluding carboxylic acids is 1. The van der Waals surface area contributed by atoms with Crippen molar-refractivity contribution in [3.8, 4) is 0 Å². The first-order valence-electron chi connectivity index (χ1n) is 6.16. The molecule has 0 saturated heterocycles. The molecule has 0 radical (unpaired) electrons. The van der Waals surface area contributed by atoms with Crippen molar-refractivity contribution < 1.29 is 4.79 Å². The lowest BCUT2D eigenvalue weighted by molar-refractivity contribution is 0.0918. The fourth-order valence-corrected chi connectivity index (χ4v) is 2.13. The van der Waals surface area contributed by atoms with Crippen LogP contribution in [0.15, 0.2) is 18.2 Å². The van der Waals surface area contributed by atoms with Gasteiger partial charge in [0.25, 0.3) is 5.91 Å². The zero-order valence-corrected chi connectivity index (χ0v) is 10.8. The molecule has 1 heterocycles. The van der Waals surface area contributed by atoms with Gasteiger partial charge in [-0.05, 0) is 51.3 Å². The number of amides is 1. The first-order chi connectivity index (χ1) is 7.97. The monoisotopic (exact) mass is 232 g/mol. The average molecular weight is 232 g/mol. The van der Waals surface area contributed by atoms with Gasteiger partial charge in [-0.25, -0.2) is 0 Å². The van der Waals surface area contributed by atoms with Gasteiger partial charge in [-0.3, -0.25) is 4.79 Å². The van der Waals surface area contributed by atoms with Gasteiger partial charge in [0.05, 0.1) is 0 Å². The van der Waals surface area contributed by atoms with Crippen molar-refractivity contribution in [1.82, 2.24) is 5.32 Å². The molecule has 0 saturated carbocycles. The molecule has 0 unspecified atom stereocenters. The topological polar surface area (TPSA) is 41.1 Å². The van der Waals surface area contributed by atoms with Crippen molar-refractivity contribution in [2.24, 2.45) is 0 Å². The summed E-state index contributed by atoms with van der Waals surface area (Å²) in [4.78, 5) is 12.2. The number of nitrogens with one attached hydrogen (secondary N) is 2. The van der Waals surface area contributed by atoms with Crippen molar-refractivity contribution in [2.45, 2.75) is 39.2 Å². The van der Waals surface area contributed by atoms with Gasteiger partial charge < -0.3 is 10.6 Å². The minimum absolute atomic E-state index is 0.0260. The Bertz CT molecular complexity index is 432. The summed E-state index contributed by atoms with van der Waals surface area (Å²) in [6, 6.07) is 5.89. The van der Waals surface area contributed by atoms with E-state index in [1.165, 1.54) is 0 Å². The third-order valence-electron chi connectivity index (χ3n) is 2.83. The molecule has 0 fully saturated rings. The summed E-state index contributed by atoms with van der Waals surface area (Å²) in [5.74, 6) is 0.0260. The first kappa shape index (κ1) is 12.0. The second-order valence-electron chi connectivity index (χ2n) is 5.57. The Morgan fingerprint density at radius 2 is 2.12 bits per heavy atom. The van der Waals surface area contributed by atoms with E-state index in [-0.39, 0.29) is 11.4 Å². The Morgan fingerprint density at radius 1 is 1.35 bits per heavy atom. The summed E-state index contributed by atoms with van der Waals surface area (Å²) >= 11 is 0. The predicted octanol–water partition coefficient (Wildman–Crippen LogP) is 2.57. The molecule has 0 spiro atoms. The summed E-state index contributed by atoms with van der Waals surface area (Å²) in [7, 11) is 0. The number of anilines is 1. The summed E-state index contributed by atoms with van der Waals surface area (Å²) in [6.45, 7) is 6.99. The molecule has 0 aliphatic carbocycles. The van der Waals surface area contributed by atoms with E-state index in [0.29, 0.717) is 0 Å². The number of benzene rings is 1. The molecular formula is C14H20N2O. The number of hydrogen-bond acceptors (Lipinski definition) is 2. The van der Waals surface area contributed by atoms with Gasteiger partial charge in [0, 0.05) is 23.3 Å². The lowest BCUT2D eigenvalue weighted by Crippen LogP contribution is -2.41. The molecule has 1 aromatic carbocycles. The molecular weight excluding hydrogens is 212 g/mol. The molecule has 0 aromatic heterocycles. The maximum absolute atomic E-state index is 12.2. The highest BCUT2D eigenvalue weighted by molar-refractivity contribution is 5.97. The van der Waals surface area contributed by atoms with Gasteiger partial charge >= 0.3 is 0 Å². The highest BCUT2D eigenvalue weighted by atomic mass is 16.1. The summed E-state index contributed by atoms with van der Waals surface area (Å²) < 4.78 is 0. The van der Waals surface area contributed by atoms with E-state index in [4.69, 9.17) is 0 Å². The second-order valence-corrected chi connectivity index (χ2v) is 5.57. The van der Waals surface area contributed by atoms with Crippen molar-refractivity contribution in [1.29, 1.82) is 0 Å². The normalized spacial score (nSPS) is 14.8. The smallest absolute Gasteiger partial charge is 0.252 e. The van der Waals surface area contributed by atoms with Crippen LogP contribution < -0.4 is 10.6 Å². The first-order valence-corrected chi connectivity index (χ1v) is 6.16. The largest absolute Gasteiger partial charge is 0.385 e. The van der Waals surface area contributed by atoms with Crippen LogP contribution in [0.2, 0.25) is 0 Å². The van der Waals surface area contributed by atoms with Crippen LogP contribution in [0.3, 0.4) is 0 Å². The zero-order valence-electron chi connectivity index (χ0n) is 10.8. The molecule has 17 heavy (non-hydrogen) atoms. The Kier molecular flexibility index (Phi) is 3.09. The Labute approximate surface area is 103 Å². The number of rotatable bonds is 1. The molecule has 1 aliphatic heterocycles. The second kappa shape index (κ2) is 4.40.